The second kappa shape index (κ2) is 5.21. The molecule has 0 saturated heterocycles. The molecule has 5 nitrogen and oxygen atoms in total. The second-order valence-corrected chi connectivity index (χ2v) is 6.60. The molecule has 1 amide bonds. The van der Waals surface area contributed by atoms with Crippen LogP contribution in [0.1, 0.15) is 26.2 Å². The number of carbonyl (C=O) groups is 1. The third-order valence-corrected chi connectivity index (χ3v) is 4.19. The van der Waals surface area contributed by atoms with Crippen LogP contribution in [0.2, 0.25) is 0 Å². The minimum atomic E-state index is -3.25. The Morgan fingerprint density at radius 2 is 1.89 bits per heavy atom. The molecule has 1 aromatic carbocycles. The van der Waals surface area contributed by atoms with E-state index < -0.39 is 10.0 Å². The number of sulfonamides is 1. The average molecular weight is 282 g/mol. The topological polar surface area (TPSA) is 66.5 Å². The Morgan fingerprint density at radius 3 is 2.32 bits per heavy atom. The molecule has 104 valence electrons. The zero-order chi connectivity index (χ0) is 14.0. The van der Waals surface area contributed by atoms with E-state index in [1.165, 1.54) is 10.6 Å². The van der Waals surface area contributed by atoms with Gasteiger partial charge in [-0.05, 0) is 37.1 Å². The van der Waals surface area contributed by atoms with Crippen LogP contribution in [0.3, 0.4) is 0 Å². The number of amides is 1. The van der Waals surface area contributed by atoms with Crippen molar-refractivity contribution >= 4 is 27.3 Å². The highest BCUT2D eigenvalue weighted by molar-refractivity contribution is 7.92. The van der Waals surface area contributed by atoms with Gasteiger partial charge in [-0.25, -0.2) is 8.42 Å². The number of nitrogens with one attached hydrogen (secondary N) is 1. The highest BCUT2D eigenvalue weighted by Crippen LogP contribution is 2.34. The summed E-state index contributed by atoms with van der Waals surface area (Å²) in [5.74, 6) is -0.0603. The normalized spacial score (nSPS) is 15.1. The van der Waals surface area contributed by atoms with Crippen LogP contribution in [0.5, 0.6) is 0 Å². The van der Waals surface area contributed by atoms with Gasteiger partial charge in [-0.15, -0.1) is 0 Å². The molecule has 1 fully saturated rings. The second-order valence-electron chi connectivity index (χ2n) is 4.74. The number of nitrogens with zero attached hydrogens (tertiary/aromatic N) is 1. The highest BCUT2D eigenvalue weighted by Gasteiger charge is 2.35. The first-order valence-corrected chi connectivity index (χ1v) is 8.16. The highest BCUT2D eigenvalue weighted by atomic mass is 32.2. The largest absolute Gasteiger partial charge is 0.326 e. The molecule has 1 aliphatic carbocycles. The summed E-state index contributed by atoms with van der Waals surface area (Å²) in [6.45, 7) is 1.78. The molecule has 6 heteroatoms. The number of benzene rings is 1. The molecule has 0 unspecified atom stereocenters. The Balaban J connectivity index is 2.19. The third kappa shape index (κ3) is 3.47. The molecule has 0 atom stereocenters. The van der Waals surface area contributed by atoms with Crippen LogP contribution in [0.15, 0.2) is 24.3 Å². The van der Waals surface area contributed by atoms with Gasteiger partial charge in [0.2, 0.25) is 15.9 Å². The summed E-state index contributed by atoms with van der Waals surface area (Å²) in [6.07, 6.45) is 3.44. The van der Waals surface area contributed by atoms with Crippen molar-refractivity contribution < 1.29 is 13.2 Å². The number of hydrogen-bond acceptors (Lipinski definition) is 3. The Hall–Kier alpha value is -1.56. The van der Waals surface area contributed by atoms with Gasteiger partial charge < -0.3 is 5.32 Å². The van der Waals surface area contributed by atoms with Gasteiger partial charge in [0.1, 0.15) is 0 Å². The van der Waals surface area contributed by atoms with Crippen LogP contribution in [0, 0.1) is 0 Å². The van der Waals surface area contributed by atoms with Crippen molar-refractivity contribution in [2.24, 2.45) is 0 Å². The molecule has 0 heterocycles. The smallest absolute Gasteiger partial charge is 0.232 e. The monoisotopic (exact) mass is 282 g/mol. The van der Waals surface area contributed by atoms with E-state index in [4.69, 9.17) is 0 Å². The average Bonchev–Trinajstić information content (AvgIpc) is 3.14. The predicted octanol–water partition coefficient (Wildman–Crippen LogP) is 1.96. The quantitative estimate of drug-likeness (QED) is 0.897. The summed E-state index contributed by atoms with van der Waals surface area (Å²) in [6, 6.07) is 6.99. The minimum absolute atomic E-state index is 0.0603. The molecule has 0 radical (unpaired) electrons. The van der Waals surface area contributed by atoms with Gasteiger partial charge in [0.25, 0.3) is 0 Å². The molecule has 0 aliphatic heterocycles. The SMILES string of the molecule is CCC(=O)Nc1ccc(N(C2CC2)S(C)(=O)=O)cc1. The molecule has 1 aromatic rings. The number of carbonyl (C=O) groups excluding carboxylic acids is 1. The van der Waals surface area contributed by atoms with Gasteiger partial charge in [0.05, 0.1) is 11.9 Å². The number of hydrogen-bond donors (Lipinski definition) is 1. The van der Waals surface area contributed by atoms with Crippen LogP contribution >= 0.6 is 0 Å². The first kappa shape index (κ1) is 13.9. The van der Waals surface area contributed by atoms with E-state index in [-0.39, 0.29) is 11.9 Å². The van der Waals surface area contributed by atoms with Crippen LogP contribution in [-0.4, -0.2) is 26.6 Å². The fraction of sp³-hybridized carbons (Fsp3) is 0.462. The first-order valence-electron chi connectivity index (χ1n) is 6.31. The maximum absolute atomic E-state index is 11.8. The van der Waals surface area contributed by atoms with Crippen LogP contribution in [0.4, 0.5) is 11.4 Å². The molecule has 19 heavy (non-hydrogen) atoms. The van der Waals surface area contributed by atoms with Crippen molar-refractivity contribution in [2.45, 2.75) is 32.2 Å². The molecule has 1 saturated carbocycles. The summed E-state index contributed by atoms with van der Waals surface area (Å²) in [5, 5.41) is 2.73. The first-order chi connectivity index (χ1) is 8.91. The summed E-state index contributed by atoms with van der Waals surface area (Å²) in [7, 11) is -3.25. The summed E-state index contributed by atoms with van der Waals surface area (Å²) >= 11 is 0. The van der Waals surface area contributed by atoms with Crippen LogP contribution in [0.25, 0.3) is 0 Å². The Kier molecular flexibility index (Phi) is 3.80. The maximum atomic E-state index is 11.8. The van der Waals surface area contributed by atoms with Gasteiger partial charge >= 0.3 is 0 Å². The molecular weight excluding hydrogens is 264 g/mol. The minimum Gasteiger partial charge on any atom is -0.326 e. The maximum Gasteiger partial charge on any atom is 0.232 e. The van der Waals surface area contributed by atoms with E-state index in [9.17, 15) is 13.2 Å². The lowest BCUT2D eigenvalue weighted by Crippen LogP contribution is -2.31. The van der Waals surface area contributed by atoms with Crippen molar-refractivity contribution in [3.8, 4) is 0 Å². The molecule has 2 rings (SSSR count). The van der Waals surface area contributed by atoms with E-state index in [1.54, 1.807) is 31.2 Å². The van der Waals surface area contributed by atoms with E-state index in [2.05, 4.69) is 5.32 Å². The van der Waals surface area contributed by atoms with Crippen LogP contribution in [-0.2, 0) is 14.8 Å². The lowest BCUT2D eigenvalue weighted by Gasteiger charge is -2.22. The van der Waals surface area contributed by atoms with Gasteiger partial charge in [-0.1, -0.05) is 6.92 Å². The molecule has 1 aliphatic rings. The van der Waals surface area contributed by atoms with Crippen molar-refractivity contribution in [3.05, 3.63) is 24.3 Å². The summed E-state index contributed by atoms with van der Waals surface area (Å²) < 4.78 is 25.0. The Morgan fingerprint density at radius 1 is 1.32 bits per heavy atom. The van der Waals surface area contributed by atoms with Crippen molar-refractivity contribution in [1.29, 1.82) is 0 Å². The predicted molar refractivity (Wildman–Crippen MR) is 75.7 cm³/mol. The fourth-order valence-corrected chi connectivity index (χ4v) is 3.18. The molecule has 1 N–H and O–H groups in total. The lowest BCUT2D eigenvalue weighted by molar-refractivity contribution is -0.115. The summed E-state index contributed by atoms with van der Waals surface area (Å²) in [5.41, 5.74) is 1.33. The zero-order valence-corrected chi connectivity index (χ0v) is 11.9. The fourth-order valence-electron chi connectivity index (χ4n) is 1.92. The van der Waals surface area contributed by atoms with Crippen molar-refractivity contribution in [3.63, 3.8) is 0 Å². The van der Waals surface area contributed by atoms with Crippen molar-refractivity contribution in [1.82, 2.24) is 0 Å². The molecule has 0 spiro atoms. The van der Waals surface area contributed by atoms with Gasteiger partial charge in [0.15, 0.2) is 0 Å². The lowest BCUT2D eigenvalue weighted by atomic mass is 10.2. The van der Waals surface area contributed by atoms with Crippen molar-refractivity contribution in [2.75, 3.05) is 15.9 Å². The molecular formula is C13H18N2O3S. The van der Waals surface area contributed by atoms with E-state index in [1.807, 2.05) is 0 Å². The Labute approximate surface area is 113 Å². The standard InChI is InChI=1S/C13H18N2O3S/c1-3-13(16)14-10-4-6-11(7-5-10)15(12-8-9-12)19(2,17)18/h4-7,12H,3,8-9H2,1-2H3,(H,14,16). The Bertz CT molecular complexity index is 562. The molecule has 0 bridgehead atoms. The van der Waals surface area contributed by atoms with E-state index in [0.717, 1.165) is 12.8 Å². The van der Waals surface area contributed by atoms with Crippen LogP contribution < -0.4 is 9.62 Å². The number of anilines is 2. The number of rotatable bonds is 5. The van der Waals surface area contributed by atoms with E-state index in [0.29, 0.717) is 17.8 Å². The van der Waals surface area contributed by atoms with Gasteiger partial charge in [0, 0.05) is 18.2 Å². The van der Waals surface area contributed by atoms with E-state index >= 15 is 0 Å². The zero-order valence-electron chi connectivity index (χ0n) is 11.1. The molecule has 0 aromatic heterocycles. The summed E-state index contributed by atoms with van der Waals surface area (Å²) in [4.78, 5) is 11.3. The third-order valence-electron chi connectivity index (χ3n) is 2.96. The van der Waals surface area contributed by atoms with Gasteiger partial charge in [-0.3, -0.25) is 9.10 Å². The van der Waals surface area contributed by atoms with Gasteiger partial charge in [-0.2, -0.15) is 0 Å².